The molecule has 0 amide bonds. The summed E-state index contributed by atoms with van der Waals surface area (Å²) in [5.41, 5.74) is 4.94. The predicted octanol–water partition coefficient (Wildman–Crippen LogP) is 6.28. The molecule has 4 N–H and O–H groups in total. The summed E-state index contributed by atoms with van der Waals surface area (Å²) in [5, 5.41) is 11.8. The molecule has 2 aromatic carbocycles. The lowest BCUT2D eigenvalue weighted by Gasteiger charge is -2.14. The standard InChI is InChI=1S/C25H22FN3O3/c1-12(2)20-21(15-4-5-19(32-3)22-16(15)7-9-28-22)24(25(30)31)29-23(20)17-10-13(26)11-18-14(17)6-8-27-18/h4-12,27-29H,1-3H3,(H,30,31). The molecule has 0 atom stereocenters. The largest absolute Gasteiger partial charge is 0.495 e. The Bertz CT molecular complexity index is 1490. The summed E-state index contributed by atoms with van der Waals surface area (Å²) >= 11 is 0. The van der Waals surface area contributed by atoms with Gasteiger partial charge in [-0.05, 0) is 53.4 Å². The van der Waals surface area contributed by atoms with Crippen LogP contribution in [0.1, 0.15) is 35.8 Å². The summed E-state index contributed by atoms with van der Waals surface area (Å²) in [6.07, 6.45) is 3.55. The first-order valence-corrected chi connectivity index (χ1v) is 10.3. The van der Waals surface area contributed by atoms with Crippen molar-refractivity contribution in [3.8, 4) is 28.1 Å². The van der Waals surface area contributed by atoms with Gasteiger partial charge in [-0.3, -0.25) is 0 Å². The normalized spacial score (nSPS) is 11.7. The Balaban J connectivity index is 1.89. The average molecular weight is 431 g/mol. The van der Waals surface area contributed by atoms with E-state index >= 15 is 0 Å². The third-order valence-corrected chi connectivity index (χ3v) is 5.91. The summed E-state index contributed by atoms with van der Waals surface area (Å²) in [7, 11) is 1.60. The zero-order valence-corrected chi connectivity index (χ0v) is 17.8. The number of nitrogens with one attached hydrogen (secondary N) is 3. The van der Waals surface area contributed by atoms with Gasteiger partial charge in [0.25, 0.3) is 0 Å². The van der Waals surface area contributed by atoms with Crippen molar-refractivity contribution in [1.29, 1.82) is 0 Å². The molecule has 3 aromatic heterocycles. The Kier molecular flexibility index (Phi) is 4.55. The van der Waals surface area contributed by atoms with E-state index in [2.05, 4.69) is 15.0 Å². The minimum Gasteiger partial charge on any atom is -0.495 e. The first-order valence-electron chi connectivity index (χ1n) is 10.3. The highest BCUT2D eigenvalue weighted by Crippen LogP contribution is 2.45. The molecular weight excluding hydrogens is 409 g/mol. The van der Waals surface area contributed by atoms with Gasteiger partial charge in [0, 0.05) is 39.8 Å². The number of aromatic carboxylic acids is 1. The van der Waals surface area contributed by atoms with Gasteiger partial charge in [-0.2, -0.15) is 0 Å². The number of aromatic amines is 3. The molecule has 0 aliphatic carbocycles. The average Bonchev–Trinajstić information content (AvgIpc) is 3.49. The molecule has 0 bridgehead atoms. The van der Waals surface area contributed by atoms with Gasteiger partial charge in [0.2, 0.25) is 0 Å². The molecular formula is C25H22FN3O3. The number of hydrogen-bond acceptors (Lipinski definition) is 2. The van der Waals surface area contributed by atoms with Crippen LogP contribution in [0.2, 0.25) is 0 Å². The zero-order chi connectivity index (χ0) is 22.6. The summed E-state index contributed by atoms with van der Waals surface area (Å²) in [6.45, 7) is 4.01. The van der Waals surface area contributed by atoms with Gasteiger partial charge >= 0.3 is 5.97 Å². The Hall–Kier alpha value is -4.00. The summed E-state index contributed by atoms with van der Waals surface area (Å²) < 4.78 is 19.9. The lowest BCUT2D eigenvalue weighted by molar-refractivity contribution is 0.0692. The summed E-state index contributed by atoms with van der Waals surface area (Å²) in [6, 6.07) is 10.3. The number of ether oxygens (including phenoxy) is 1. The van der Waals surface area contributed by atoms with E-state index in [0.29, 0.717) is 28.1 Å². The first-order chi connectivity index (χ1) is 15.4. The minimum absolute atomic E-state index is 0.0299. The Morgan fingerprint density at radius 2 is 1.78 bits per heavy atom. The number of carboxylic acids is 1. The van der Waals surface area contributed by atoms with Crippen molar-refractivity contribution in [3.05, 3.63) is 65.9 Å². The topological polar surface area (TPSA) is 93.9 Å². The molecule has 0 radical (unpaired) electrons. The molecule has 0 saturated carbocycles. The van der Waals surface area contributed by atoms with Gasteiger partial charge in [-0.15, -0.1) is 0 Å². The molecule has 5 rings (SSSR count). The van der Waals surface area contributed by atoms with E-state index < -0.39 is 11.8 Å². The van der Waals surface area contributed by atoms with Gasteiger partial charge in [0.1, 0.15) is 17.3 Å². The van der Waals surface area contributed by atoms with Gasteiger partial charge < -0.3 is 24.8 Å². The van der Waals surface area contributed by atoms with Crippen LogP contribution in [0, 0.1) is 5.82 Å². The molecule has 0 aliphatic heterocycles. The van der Waals surface area contributed by atoms with E-state index in [4.69, 9.17) is 4.74 Å². The van der Waals surface area contributed by atoms with E-state index in [1.165, 1.54) is 12.1 Å². The van der Waals surface area contributed by atoms with Crippen molar-refractivity contribution >= 4 is 27.8 Å². The van der Waals surface area contributed by atoms with Crippen molar-refractivity contribution in [3.63, 3.8) is 0 Å². The van der Waals surface area contributed by atoms with E-state index in [-0.39, 0.29) is 11.6 Å². The van der Waals surface area contributed by atoms with Crippen LogP contribution in [0.4, 0.5) is 4.39 Å². The Labute approximate surface area is 183 Å². The fourth-order valence-corrected chi connectivity index (χ4v) is 4.60. The maximum Gasteiger partial charge on any atom is 0.352 e. The highest BCUT2D eigenvalue weighted by Gasteiger charge is 2.28. The maximum atomic E-state index is 14.5. The van der Waals surface area contributed by atoms with Crippen LogP contribution in [-0.4, -0.2) is 33.1 Å². The minimum atomic E-state index is -1.07. The lowest BCUT2D eigenvalue weighted by Crippen LogP contribution is -2.00. The van der Waals surface area contributed by atoms with Crippen molar-refractivity contribution < 1.29 is 19.0 Å². The fraction of sp³-hybridized carbons (Fsp3) is 0.160. The summed E-state index contributed by atoms with van der Waals surface area (Å²) in [5.74, 6) is -0.825. The highest BCUT2D eigenvalue weighted by molar-refractivity contribution is 6.07. The maximum absolute atomic E-state index is 14.5. The van der Waals surface area contributed by atoms with Crippen molar-refractivity contribution in [1.82, 2.24) is 15.0 Å². The number of H-pyrrole nitrogens is 3. The van der Waals surface area contributed by atoms with Gasteiger partial charge in [-0.1, -0.05) is 13.8 Å². The first kappa shape index (κ1) is 19.9. The predicted molar refractivity (Wildman–Crippen MR) is 123 cm³/mol. The van der Waals surface area contributed by atoms with E-state index in [0.717, 1.165) is 27.4 Å². The highest BCUT2D eigenvalue weighted by atomic mass is 19.1. The molecule has 32 heavy (non-hydrogen) atoms. The van der Waals surface area contributed by atoms with Crippen LogP contribution in [-0.2, 0) is 0 Å². The van der Waals surface area contributed by atoms with Crippen molar-refractivity contribution in [2.75, 3.05) is 7.11 Å². The molecule has 0 spiro atoms. The third kappa shape index (κ3) is 2.89. The monoisotopic (exact) mass is 431 g/mol. The SMILES string of the molecule is COc1ccc(-c2c(C(=O)O)[nH]c(-c3cc(F)cc4[nH]ccc34)c2C(C)C)c2cc[nH]c12. The molecule has 0 fully saturated rings. The molecule has 6 nitrogen and oxygen atoms in total. The molecule has 0 aliphatic rings. The molecule has 3 heterocycles. The summed E-state index contributed by atoms with van der Waals surface area (Å²) in [4.78, 5) is 21.7. The Morgan fingerprint density at radius 3 is 2.50 bits per heavy atom. The van der Waals surface area contributed by atoms with Gasteiger partial charge in [0.15, 0.2) is 0 Å². The number of methoxy groups -OCH3 is 1. The molecule has 5 aromatic rings. The number of benzene rings is 2. The van der Waals surface area contributed by atoms with Crippen molar-refractivity contribution in [2.45, 2.75) is 19.8 Å². The number of fused-ring (bicyclic) bond motifs is 2. The zero-order valence-electron chi connectivity index (χ0n) is 17.8. The van der Waals surface area contributed by atoms with Crippen LogP contribution >= 0.6 is 0 Å². The third-order valence-electron chi connectivity index (χ3n) is 5.91. The second kappa shape index (κ2) is 7.30. The smallest absolute Gasteiger partial charge is 0.352 e. The second-order valence-electron chi connectivity index (χ2n) is 8.10. The van der Waals surface area contributed by atoms with Crippen LogP contribution < -0.4 is 4.74 Å². The fourth-order valence-electron chi connectivity index (χ4n) is 4.60. The number of hydrogen-bond donors (Lipinski definition) is 4. The van der Waals surface area contributed by atoms with E-state index in [9.17, 15) is 14.3 Å². The molecule has 7 heteroatoms. The quantitative estimate of drug-likeness (QED) is 0.264. The van der Waals surface area contributed by atoms with Crippen LogP contribution in [0.15, 0.2) is 48.8 Å². The number of rotatable bonds is 5. The Morgan fingerprint density at radius 1 is 1.03 bits per heavy atom. The van der Waals surface area contributed by atoms with Gasteiger partial charge in [-0.25, -0.2) is 9.18 Å². The van der Waals surface area contributed by atoms with Gasteiger partial charge in [0.05, 0.1) is 18.3 Å². The van der Waals surface area contributed by atoms with E-state index in [1.807, 2.05) is 38.1 Å². The number of aromatic nitrogens is 3. The van der Waals surface area contributed by atoms with Crippen LogP contribution in [0.25, 0.3) is 44.2 Å². The lowest BCUT2D eigenvalue weighted by atomic mass is 9.89. The van der Waals surface area contributed by atoms with Crippen molar-refractivity contribution in [2.24, 2.45) is 0 Å². The van der Waals surface area contributed by atoms with Crippen LogP contribution in [0.3, 0.4) is 0 Å². The number of carbonyl (C=O) groups is 1. The van der Waals surface area contributed by atoms with E-state index in [1.54, 1.807) is 19.5 Å². The number of halogens is 1. The number of carboxylic acid groups (broad SMARTS) is 1. The molecule has 162 valence electrons. The second-order valence-corrected chi connectivity index (χ2v) is 8.10. The molecule has 0 unspecified atom stereocenters. The molecule has 0 saturated heterocycles. The van der Waals surface area contributed by atoms with Crippen LogP contribution in [0.5, 0.6) is 5.75 Å².